The van der Waals surface area contributed by atoms with Crippen molar-refractivity contribution in [2.45, 2.75) is 13.3 Å². The monoisotopic (exact) mass is 335 g/mol. The zero-order valence-corrected chi connectivity index (χ0v) is 15.0. The SMILES string of the molecule is CCNC(=NCCOc1ccc(OC)cc1)N(C)CC1CCOC1. The first-order valence-electron chi connectivity index (χ1n) is 8.57. The minimum atomic E-state index is 0.543. The molecule has 0 aromatic heterocycles. The smallest absolute Gasteiger partial charge is 0.193 e. The first-order chi connectivity index (χ1) is 11.7. The van der Waals surface area contributed by atoms with Crippen molar-refractivity contribution in [1.82, 2.24) is 10.2 Å². The van der Waals surface area contributed by atoms with Crippen LogP contribution in [0.25, 0.3) is 0 Å². The normalized spacial score (nSPS) is 17.6. The van der Waals surface area contributed by atoms with E-state index in [0.29, 0.717) is 19.1 Å². The van der Waals surface area contributed by atoms with Crippen LogP contribution in [0.1, 0.15) is 13.3 Å². The first kappa shape index (κ1) is 18.4. The maximum atomic E-state index is 5.72. The van der Waals surface area contributed by atoms with Crippen LogP contribution >= 0.6 is 0 Å². The lowest BCUT2D eigenvalue weighted by atomic mass is 10.1. The van der Waals surface area contributed by atoms with Gasteiger partial charge in [0.2, 0.25) is 0 Å². The highest BCUT2D eigenvalue weighted by atomic mass is 16.5. The third-order valence-corrected chi connectivity index (χ3v) is 3.93. The van der Waals surface area contributed by atoms with Gasteiger partial charge in [0.25, 0.3) is 0 Å². The largest absolute Gasteiger partial charge is 0.497 e. The number of ether oxygens (including phenoxy) is 3. The van der Waals surface area contributed by atoms with E-state index in [9.17, 15) is 0 Å². The van der Waals surface area contributed by atoms with Crippen LogP contribution in [0.4, 0.5) is 0 Å². The van der Waals surface area contributed by atoms with Crippen LogP contribution in [0, 0.1) is 5.92 Å². The summed E-state index contributed by atoms with van der Waals surface area (Å²) in [5, 5.41) is 3.33. The van der Waals surface area contributed by atoms with Crippen molar-refractivity contribution < 1.29 is 14.2 Å². The Balaban J connectivity index is 1.78. The number of hydrogen-bond acceptors (Lipinski definition) is 4. The van der Waals surface area contributed by atoms with Crippen molar-refractivity contribution in [3.8, 4) is 11.5 Å². The Hall–Kier alpha value is -1.95. The van der Waals surface area contributed by atoms with E-state index in [1.165, 1.54) is 0 Å². The number of guanidine groups is 1. The molecule has 6 heteroatoms. The number of rotatable bonds is 8. The molecule has 1 saturated heterocycles. The third-order valence-electron chi connectivity index (χ3n) is 3.93. The van der Waals surface area contributed by atoms with Crippen molar-refractivity contribution in [2.24, 2.45) is 10.9 Å². The van der Waals surface area contributed by atoms with Crippen LogP contribution < -0.4 is 14.8 Å². The maximum absolute atomic E-state index is 5.72. The molecule has 1 unspecified atom stereocenters. The van der Waals surface area contributed by atoms with Crippen LogP contribution in [0.5, 0.6) is 11.5 Å². The van der Waals surface area contributed by atoms with E-state index in [-0.39, 0.29) is 0 Å². The topological polar surface area (TPSA) is 55.3 Å². The summed E-state index contributed by atoms with van der Waals surface area (Å²) in [5.41, 5.74) is 0. The molecule has 1 N–H and O–H groups in total. The number of benzene rings is 1. The van der Waals surface area contributed by atoms with Gasteiger partial charge in [0.05, 0.1) is 20.3 Å². The van der Waals surface area contributed by atoms with Gasteiger partial charge in [0.15, 0.2) is 5.96 Å². The molecular formula is C18H29N3O3. The number of nitrogens with zero attached hydrogens (tertiary/aromatic N) is 2. The van der Waals surface area contributed by atoms with Crippen LogP contribution in [-0.4, -0.2) is 64.5 Å². The van der Waals surface area contributed by atoms with Crippen molar-refractivity contribution in [3.05, 3.63) is 24.3 Å². The van der Waals surface area contributed by atoms with Crippen molar-refractivity contribution >= 4 is 5.96 Å². The molecule has 1 heterocycles. The molecule has 1 aliphatic rings. The van der Waals surface area contributed by atoms with Crippen molar-refractivity contribution in [1.29, 1.82) is 0 Å². The molecule has 1 fully saturated rings. The van der Waals surface area contributed by atoms with Gasteiger partial charge in [-0.15, -0.1) is 0 Å². The zero-order chi connectivity index (χ0) is 17.2. The third kappa shape index (κ3) is 5.92. The Morgan fingerprint density at radius 3 is 2.71 bits per heavy atom. The fourth-order valence-corrected chi connectivity index (χ4v) is 2.66. The van der Waals surface area contributed by atoms with Gasteiger partial charge in [-0.05, 0) is 37.6 Å². The molecule has 0 aliphatic carbocycles. The van der Waals surface area contributed by atoms with E-state index in [4.69, 9.17) is 14.2 Å². The Labute approximate surface area is 144 Å². The summed E-state index contributed by atoms with van der Waals surface area (Å²) in [7, 11) is 3.73. The highest BCUT2D eigenvalue weighted by molar-refractivity contribution is 5.79. The van der Waals surface area contributed by atoms with E-state index in [2.05, 4.69) is 29.2 Å². The molecule has 1 aliphatic heterocycles. The average Bonchev–Trinajstić information content (AvgIpc) is 3.11. The van der Waals surface area contributed by atoms with Crippen molar-refractivity contribution in [3.63, 3.8) is 0 Å². The Bertz CT molecular complexity index is 499. The summed E-state index contributed by atoms with van der Waals surface area (Å²) >= 11 is 0. The van der Waals surface area contributed by atoms with Crippen LogP contribution in [0.3, 0.4) is 0 Å². The van der Waals surface area contributed by atoms with E-state index < -0.39 is 0 Å². The maximum Gasteiger partial charge on any atom is 0.193 e. The summed E-state index contributed by atoms with van der Waals surface area (Å²) in [5.74, 6) is 3.16. The summed E-state index contributed by atoms with van der Waals surface area (Å²) in [6.07, 6.45) is 1.13. The van der Waals surface area contributed by atoms with Gasteiger partial charge >= 0.3 is 0 Å². The fourth-order valence-electron chi connectivity index (χ4n) is 2.66. The van der Waals surface area contributed by atoms with Gasteiger partial charge in [-0.2, -0.15) is 0 Å². The van der Waals surface area contributed by atoms with Gasteiger partial charge in [-0.25, -0.2) is 4.99 Å². The summed E-state index contributed by atoms with van der Waals surface area (Å²) < 4.78 is 16.3. The number of aliphatic imine (C=N–C) groups is 1. The van der Waals surface area contributed by atoms with E-state index >= 15 is 0 Å². The number of nitrogens with one attached hydrogen (secondary N) is 1. The minimum absolute atomic E-state index is 0.543. The molecular weight excluding hydrogens is 306 g/mol. The molecule has 1 atom stereocenters. The number of methoxy groups -OCH3 is 1. The second-order valence-electron chi connectivity index (χ2n) is 5.87. The van der Waals surface area contributed by atoms with Gasteiger partial charge in [-0.1, -0.05) is 0 Å². The lowest BCUT2D eigenvalue weighted by molar-refractivity contribution is 0.181. The van der Waals surface area contributed by atoms with Gasteiger partial charge in [0.1, 0.15) is 18.1 Å². The predicted molar refractivity (Wildman–Crippen MR) is 96.0 cm³/mol. The molecule has 1 aromatic carbocycles. The van der Waals surface area contributed by atoms with Crippen LogP contribution in [-0.2, 0) is 4.74 Å². The summed E-state index contributed by atoms with van der Waals surface area (Å²) in [6.45, 7) is 6.78. The number of hydrogen-bond donors (Lipinski definition) is 1. The van der Waals surface area contributed by atoms with Gasteiger partial charge < -0.3 is 24.4 Å². The second-order valence-corrected chi connectivity index (χ2v) is 5.87. The van der Waals surface area contributed by atoms with E-state index in [0.717, 1.165) is 50.2 Å². The molecule has 0 bridgehead atoms. The highest BCUT2D eigenvalue weighted by Gasteiger charge is 2.18. The Kier molecular flexibility index (Phi) is 7.68. The molecule has 134 valence electrons. The molecule has 0 radical (unpaired) electrons. The molecule has 0 saturated carbocycles. The van der Waals surface area contributed by atoms with E-state index in [1.807, 2.05) is 24.3 Å². The first-order valence-corrected chi connectivity index (χ1v) is 8.57. The van der Waals surface area contributed by atoms with Crippen LogP contribution in [0.2, 0.25) is 0 Å². The summed E-state index contributed by atoms with van der Waals surface area (Å²) in [4.78, 5) is 6.82. The molecule has 1 aromatic rings. The molecule has 24 heavy (non-hydrogen) atoms. The van der Waals surface area contributed by atoms with Gasteiger partial charge in [-0.3, -0.25) is 0 Å². The molecule has 6 nitrogen and oxygen atoms in total. The standard InChI is InChI=1S/C18H29N3O3/c1-4-19-18(21(2)13-15-9-11-23-14-15)20-10-12-24-17-7-5-16(22-3)6-8-17/h5-8,15H,4,9-14H2,1-3H3,(H,19,20). The molecule has 0 amide bonds. The quantitative estimate of drug-likeness (QED) is 0.447. The zero-order valence-electron chi connectivity index (χ0n) is 15.0. The lowest BCUT2D eigenvalue weighted by Gasteiger charge is -2.24. The van der Waals surface area contributed by atoms with Crippen LogP contribution in [0.15, 0.2) is 29.3 Å². The Morgan fingerprint density at radius 1 is 1.33 bits per heavy atom. The summed E-state index contributed by atoms with van der Waals surface area (Å²) in [6, 6.07) is 7.58. The highest BCUT2D eigenvalue weighted by Crippen LogP contribution is 2.17. The average molecular weight is 335 g/mol. The molecule has 0 spiro atoms. The fraction of sp³-hybridized carbons (Fsp3) is 0.611. The second kappa shape index (κ2) is 10.0. The predicted octanol–water partition coefficient (Wildman–Crippen LogP) is 2.01. The van der Waals surface area contributed by atoms with E-state index in [1.54, 1.807) is 7.11 Å². The van der Waals surface area contributed by atoms with Gasteiger partial charge in [0, 0.05) is 32.7 Å². The lowest BCUT2D eigenvalue weighted by Crippen LogP contribution is -2.41. The molecule has 2 rings (SSSR count). The Morgan fingerprint density at radius 2 is 2.08 bits per heavy atom. The minimum Gasteiger partial charge on any atom is -0.497 e. The van der Waals surface area contributed by atoms with Crippen molar-refractivity contribution in [2.75, 3.05) is 53.6 Å².